The van der Waals surface area contributed by atoms with Gasteiger partial charge in [-0.3, -0.25) is 0 Å². The number of halogens is 3. The molecule has 0 saturated heterocycles. The highest BCUT2D eigenvalue weighted by Gasteiger charge is 2.48. The zero-order chi connectivity index (χ0) is 19.9. The summed E-state index contributed by atoms with van der Waals surface area (Å²) in [7, 11) is -5.90. The van der Waals surface area contributed by atoms with E-state index >= 15 is 0 Å². The van der Waals surface area contributed by atoms with E-state index in [0.29, 0.717) is 0 Å². The molecule has 0 heterocycles. The first-order valence-electron chi connectivity index (χ1n) is 7.73. The number of phenols is 2. The third-order valence-corrected chi connectivity index (χ3v) is 5.29. The summed E-state index contributed by atoms with van der Waals surface area (Å²) >= 11 is 0. The number of hydrogen-bond donors (Lipinski definition) is 2. The van der Waals surface area contributed by atoms with Gasteiger partial charge in [-0.15, -0.1) is 0 Å². The highest BCUT2D eigenvalue weighted by atomic mass is 32.2. The second kappa shape index (κ2) is 6.86. The largest absolute Gasteiger partial charge is 0.534 e. The lowest BCUT2D eigenvalue weighted by atomic mass is 9.74. The standard InChI is InChI=1S/C17H19F3O5S/c1-9(2)12-5-4-10(3)6-13(12)16-14(21)7-11(8-15(16)22)25-26(23,24)17(18,19)20/h6-8,12-13,21-22H,1,4-5H2,2-3H3/t12-,13+/m1/s1. The zero-order valence-corrected chi connectivity index (χ0v) is 15.0. The van der Waals surface area contributed by atoms with Crippen molar-refractivity contribution in [3.05, 3.63) is 41.5 Å². The van der Waals surface area contributed by atoms with E-state index < -0.39 is 38.8 Å². The summed E-state index contributed by atoms with van der Waals surface area (Å²) in [6.45, 7) is 7.62. The highest BCUT2D eigenvalue weighted by Crippen LogP contribution is 2.47. The Kier molecular flexibility index (Phi) is 5.32. The maximum Gasteiger partial charge on any atom is 0.534 e. The number of allylic oxidation sites excluding steroid dienone is 3. The van der Waals surface area contributed by atoms with E-state index in [1.165, 1.54) is 0 Å². The Morgan fingerprint density at radius 3 is 2.27 bits per heavy atom. The molecule has 0 radical (unpaired) electrons. The van der Waals surface area contributed by atoms with Crippen LogP contribution in [-0.2, 0) is 10.1 Å². The first-order valence-corrected chi connectivity index (χ1v) is 9.13. The second-order valence-electron chi connectivity index (χ2n) is 6.39. The summed E-state index contributed by atoms with van der Waals surface area (Å²) in [5, 5.41) is 20.5. The first kappa shape index (κ1) is 20.2. The molecule has 0 saturated carbocycles. The van der Waals surface area contributed by atoms with E-state index in [2.05, 4.69) is 10.8 Å². The van der Waals surface area contributed by atoms with E-state index in [0.717, 1.165) is 36.1 Å². The minimum absolute atomic E-state index is 0.0822. The van der Waals surface area contributed by atoms with Crippen LogP contribution in [0, 0.1) is 5.92 Å². The van der Waals surface area contributed by atoms with Gasteiger partial charge in [-0.1, -0.05) is 23.8 Å². The van der Waals surface area contributed by atoms with Crippen molar-refractivity contribution in [2.45, 2.75) is 38.1 Å². The van der Waals surface area contributed by atoms with Crippen molar-refractivity contribution < 1.29 is 36.0 Å². The first-order chi connectivity index (χ1) is 11.8. The van der Waals surface area contributed by atoms with Crippen LogP contribution in [0.5, 0.6) is 17.2 Å². The van der Waals surface area contributed by atoms with E-state index in [1.54, 1.807) is 0 Å². The normalized spacial score (nSPS) is 21.2. The molecule has 2 atom stereocenters. The van der Waals surface area contributed by atoms with Crippen LogP contribution in [0.15, 0.2) is 35.9 Å². The molecule has 1 aromatic carbocycles. The average molecular weight is 392 g/mol. The second-order valence-corrected chi connectivity index (χ2v) is 7.93. The molecule has 0 bridgehead atoms. The van der Waals surface area contributed by atoms with Gasteiger partial charge < -0.3 is 14.4 Å². The van der Waals surface area contributed by atoms with E-state index in [9.17, 15) is 31.8 Å². The lowest BCUT2D eigenvalue weighted by Crippen LogP contribution is -2.28. The minimum Gasteiger partial charge on any atom is -0.507 e. The average Bonchev–Trinajstić information content (AvgIpc) is 2.44. The Hall–Kier alpha value is -2.16. The summed E-state index contributed by atoms with van der Waals surface area (Å²) in [5.41, 5.74) is -3.66. The Morgan fingerprint density at radius 1 is 1.27 bits per heavy atom. The fourth-order valence-corrected chi connectivity index (χ4v) is 3.51. The maximum atomic E-state index is 12.4. The molecule has 1 aliphatic carbocycles. The fourth-order valence-electron chi connectivity index (χ4n) is 3.07. The molecule has 2 N–H and O–H groups in total. The van der Waals surface area contributed by atoms with Crippen LogP contribution in [0.3, 0.4) is 0 Å². The van der Waals surface area contributed by atoms with Crippen molar-refractivity contribution in [2.24, 2.45) is 5.92 Å². The van der Waals surface area contributed by atoms with Crippen molar-refractivity contribution >= 4 is 10.1 Å². The van der Waals surface area contributed by atoms with Gasteiger partial charge in [-0.25, -0.2) is 0 Å². The highest BCUT2D eigenvalue weighted by molar-refractivity contribution is 7.88. The summed E-state index contributed by atoms with van der Waals surface area (Å²) < 4.78 is 63.4. The van der Waals surface area contributed by atoms with Gasteiger partial charge in [0.15, 0.2) is 0 Å². The lowest BCUT2D eigenvalue weighted by molar-refractivity contribution is -0.0500. The van der Waals surface area contributed by atoms with Gasteiger partial charge in [0.05, 0.1) is 0 Å². The third kappa shape index (κ3) is 3.98. The number of aromatic hydroxyl groups is 2. The molecule has 1 aliphatic rings. The summed E-state index contributed by atoms with van der Waals surface area (Å²) in [4.78, 5) is 0. The number of rotatable bonds is 4. The summed E-state index contributed by atoms with van der Waals surface area (Å²) in [5.74, 6) is -2.46. The molecular weight excluding hydrogens is 373 g/mol. The van der Waals surface area contributed by atoms with Crippen LogP contribution in [-0.4, -0.2) is 24.1 Å². The van der Waals surface area contributed by atoms with Crippen LogP contribution >= 0.6 is 0 Å². The molecular formula is C17H19F3O5S. The van der Waals surface area contributed by atoms with Crippen LogP contribution in [0.25, 0.3) is 0 Å². The van der Waals surface area contributed by atoms with Crippen LogP contribution < -0.4 is 4.18 Å². The van der Waals surface area contributed by atoms with Gasteiger partial charge in [0.1, 0.15) is 17.2 Å². The van der Waals surface area contributed by atoms with Gasteiger partial charge >= 0.3 is 15.6 Å². The zero-order valence-electron chi connectivity index (χ0n) is 14.2. The molecule has 5 nitrogen and oxygen atoms in total. The van der Waals surface area contributed by atoms with Crippen molar-refractivity contribution in [1.82, 2.24) is 0 Å². The van der Waals surface area contributed by atoms with Gasteiger partial charge in [0.2, 0.25) is 0 Å². The molecule has 1 aromatic rings. The van der Waals surface area contributed by atoms with Crippen molar-refractivity contribution in [3.63, 3.8) is 0 Å². The molecule has 144 valence electrons. The van der Waals surface area contributed by atoms with Crippen LogP contribution in [0.4, 0.5) is 13.2 Å². The molecule has 26 heavy (non-hydrogen) atoms. The Balaban J connectivity index is 2.47. The smallest absolute Gasteiger partial charge is 0.507 e. The van der Waals surface area contributed by atoms with E-state index in [4.69, 9.17) is 0 Å². The lowest BCUT2D eigenvalue weighted by Gasteiger charge is -2.31. The number of phenolic OH excluding ortho intramolecular Hbond substituents is 2. The third-order valence-electron chi connectivity index (χ3n) is 4.31. The maximum absolute atomic E-state index is 12.4. The van der Waals surface area contributed by atoms with Gasteiger partial charge in [0, 0.05) is 23.6 Å². The molecule has 0 unspecified atom stereocenters. The van der Waals surface area contributed by atoms with Gasteiger partial charge in [0.25, 0.3) is 0 Å². The topological polar surface area (TPSA) is 83.8 Å². The number of alkyl halides is 3. The molecule has 0 amide bonds. The van der Waals surface area contributed by atoms with E-state index in [1.807, 2.05) is 19.9 Å². The van der Waals surface area contributed by atoms with Gasteiger partial charge in [-0.05, 0) is 32.6 Å². The van der Waals surface area contributed by atoms with Crippen LogP contribution in [0.1, 0.15) is 38.2 Å². The quantitative estimate of drug-likeness (QED) is 0.452. The molecule has 0 fully saturated rings. The van der Waals surface area contributed by atoms with Crippen molar-refractivity contribution in [2.75, 3.05) is 0 Å². The molecule has 2 rings (SSSR count). The number of hydrogen-bond acceptors (Lipinski definition) is 5. The van der Waals surface area contributed by atoms with E-state index in [-0.39, 0.29) is 11.5 Å². The predicted octanol–water partition coefficient (Wildman–Crippen LogP) is 4.34. The molecule has 0 spiro atoms. The Morgan fingerprint density at radius 2 is 1.81 bits per heavy atom. The van der Waals surface area contributed by atoms with Crippen molar-refractivity contribution in [1.29, 1.82) is 0 Å². The van der Waals surface area contributed by atoms with Gasteiger partial charge in [-0.2, -0.15) is 21.6 Å². The Labute approximate surface area is 149 Å². The number of benzene rings is 1. The SMILES string of the molecule is C=C(C)[C@H]1CCC(C)=C[C@@H]1c1c(O)cc(OS(=O)(=O)C(F)(F)F)cc1O. The minimum atomic E-state index is -5.90. The summed E-state index contributed by atoms with van der Waals surface area (Å²) in [6.07, 6.45) is 3.41. The molecule has 0 aliphatic heterocycles. The molecule has 9 heteroatoms. The fraction of sp³-hybridized carbons (Fsp3) is 0.412. The predicted molar refractivity (Wildman–Crippen MR) is 89.4 cm³/mol. The summed E-state index contributed by atoms with van der Waals surface area (Å²) in [6, 6.07) is 1.48. The van der Waals surface area contributed by atoms with Crippen LogP contribution in [0.2, 0.25) is 0 Å². The molecule has 0 aromatic heterocycles. The monoisotopic (exact) mass is 392 g/mol. The Bertz CT molecular complexity index is 833. The van der Waals surface area contributed by atoms with Crippen molar-refractivity contribution in [3.8, 4) is 17.2 Å².